The van der Waals surface area contributed by atoms with Crippen molar-refractivity contribution in [2.24, 2.45) is 11.8 Å². The number of aromatic amines is 1. The number of nitrogens with zero attached hydrogens (tertiary/aromatic N) is 2. The van der Waals surface area contributed by atoms with Crippen LogP contribution < -0.4 is 15.4 Å². The summed E-state index contributed by atoms with van der Waals surface area (Å²) in [5.41, 5.74) is 2.91. The molecule has 0 atom stereocenters. The number of anilines is 1. The van der Waals surface area contributed by atoms with Crippen LogP contribution >= 0.6 is 11.6 Å². The summed E-state index contributed by atoms with van der Waals surface area (Å²) in [4.78, 5) is 12.3. The molecule has 3 saturated carbocycles. The van der Waals surface area contributed by atoms with Gasteiger partial charge in [0.2, 0.25) is 0 Å². The van der Waals surface area contributed by atoms with Crippen molar-refractivity contribution in [3.63, 3.8) is 0 Å². The minimum atomic E-state index is 0.460. The Hall–Kier alpha value is -2.31. The number of aromatic nitrogens is 3. The smallest absolute Gasteiger partial charge is 0.138 e. The summed E-state index contributed by atoms with van der Waals surface area (Å²) < 4.78 is 5.38. The molecule has 3 heterocycles. The number of halogens is 1. The maximum Gasteiger partial charge on any atom is 0.138 e. The molecule has 3 aromatic rings. The normalized spacial score (nSPS) is 26.6. The van der Waals surface area contributed by atoms with Crippen LogP contribution in [0, 0.1) is 11.8 Å². The standard InChI is InChI=1S/C30H40ClN5O/c1-37-25-16-26-27(18-33-30(26)32-17-25)21-14-28(31)36-29(15-21)35-24-11-7-20(8-12-24)13-19-5-9-23(10-6-19)34-22-3-2-4-22/h14-20,22-24,34H,2-13H2,1H3,(H,32,33)(H,35,36). The van der Waals surface area contributed by atoms with E-state index in [4.69, 9.17) is 16.3 Å². The quantitative estimate of drug-likeness (QED) is 0.270. The van der Waals surface area contributed by atoms with Crippen LogP contribution in [0.1, 0.15) is 77.0 Å². The molecular weight excluding hydrogens is 482 g/mol. The average Bonchev–Trinajstić information content (AvgIpc) is 3.31. The van der Waals surface area contributed by atoms with E-state index in [0.717, 1.165) is 57.6 Å². The summed E-state index contributed by atoms with van der Waals surface area (Å²) in [6.07, 6.45) is 20.0. The summed E-state index contributed by atoms with van der Waals surface area (Å²) in [6.45, 7) is 0. The van der Waals surface area contributed by atoms with E-state index >= 15 is 0 Å². The monoisotopic (exact) mass is 521 g/mol. The highest BCUT2D eigenvalue weighted by Crippen LogP contribution is 2.37. The van der Waals surface area contributed by atoms with Crippen molar-refractivity contribution in [2.75, 3.05) is 12.4 Å². The average molecular weight is 522 g/mol. The first-order valence-electron chi connectivity index (χ1n) is 14.3. The maximum atomic E-state index is 6.47. The SMILES string of the molecule is COc1cnc2[nH]cc(-c3cc(Cl)nc(NC4CCC(CC5CCC(NC6CCC6)CC5)CC4)c3)c2c1. The Labute approximate surface area is 225 Å². The molecule has 37 heavy (non-hydrogen) atoms. The van der Waals surface area contributed by atoms with Gasteiger partial charge in [0.15, 0.2) is 0 Å². The Balaban J connectivity index is 1.02. The van der Waals surface area contributed by atoms with Gasteiger partial charge in [0, 0.05) is 35.3 Å². The number of pyridine rings is 2. The third-order valence-electron chi connectivity index (χ3n) is 9.14. The number of rotatable bonds is 8. The van der Waals surface area contributed by atoms with E-state index < -0.39 is 0 Å². The predicted molar refractivity (Wildman–Crippen MR) is 151 cm³/mol. The maximum absolute atomic E-state index is 6.47. The van der Waals surface area contributed by atoms with Gasteiger partial charge in [-0.25, -0.2) is 9.97 Å². The zero-order valence-corrected chi connectivity index (χ0v) is 22.7. The van der Waals surface area contributed by atoms with E-state index in [9.17, 15) is 0 Å². The van der Waals surface area contributed by atoms with Crippen LogP contribution in [0.5, 0.6) is 5.75 Å². The number of hydrogen-bond donors (Lipinski definition) is 3. The van der Waals surface area contributed by atoms with E-state index in [-0.39, 0.29) is 0 Å². The highest BCUT2D eigenvalue weighted by Gasteiger charge is 2.29. The van der Waals surface area contributed by atoms with Crippen molar-refractivity contribution in [1.82, 2.24) is 20.3 Å². The third kappa shape index (κ3) is 5.91. The molecule has 198 valence electrons. The Morgan fingerprint density at radius 1 is 0.919 bits per heavy atom. The van der Waals surface area contributed by atoms with Gasteiger partial charge >= 0.3 is 0 Å². The first-order chi connectivity index (χ1) is 18.1. The summed E-state index contributed by atoms with van der Waals surface area (Å²) >= 11 is 6.47. The number of fused-ring (bicyclic) bond motifs is 1. The fourth-order valence-corrected chi connectivity index (χ4v) is 6.97. The van der Waals surface area contributed by atoms with Crippen LogP contribution in [-0.4, -0.2) is 40.2 Å². The van der Waals surface area contributed by atoms with Gasteiger partial charge in [-0.3, -0.25) is 0 Å². The minimum absolute atomic E-state index is 0.460. The molecule has 3 aromatic heterocycles. The molecule has 0 unspecified atom stereocenters. The largest absolute Gasteiger partial charge is 0.495 e. The topological polar surface area (TPSA) is 74.9 Å². The van der Waals surface area contributed by atoms with Crippen LogP contribution in [0.3, 0.4) is 0 Å². The van der Waals surface area contributed by atoms with Crippen molar-refractivity contribution < 1.29 is 4.74 Å². The lowest BCUT2D eigenvalue weighted by molar-refractivity contribution is 0.198. The molecule has 3 aliphatic carbocycles. The van der Waals surface area contributed by atoms with Gasteiger partial charge in [-0.2, -0.15) is 0 Å². The lowest BCUT2D eigenvalue weighted by Gasteiger charge is -2.37. The number of ether oxygens (including phenoxy) is 1. The number of nitrogens with one attached hydrogen (secondary N) is 3. The summed E-state index contributed by atoms with van der Waals surface area (Å²) in [6, 6.07) is 8.12. The van der Waals surface area contributed by atoms with Crippen LogP contribution in [-0.2, 0) is 0 Å². The van der Waals surface area contributed by atoms with Gasteiger partial charge < -0.3 is 20.4 Å². The molecule has 3 aliphatic rings. The molecule has 0 spiro atoms. The number of H-pyrrole nitrogens is 1. The first-order valence-corrected chi connectivity index (χ1v) is 14.7. The van der Waals surface area contributed by atoms with Gasteiger partial charge in [0.1, 0.15) is 22.4 Å². The molecule has 3 N–H and O–H groups in total. The number of hydrogen-bond acceptors (Lipinski definition) is 5. The lowest BCUT2D eigenvalue weighted by atomic mass is 9.75. The molecule has 0 saturated heterocycles. The molecule has 0 radical (unpaired) electrons. The van der Waals surface area contributed by atoms with Crippen LogP contribution in [0.25, 0.3) is 22.2 Å². The molecule has 0 amide bonds. The zero-order chi connectivity index (χ0) is 25.2. The molecule has 3 fully saturated rings. The Kier molecular flexibility index (Phi) is 7.57. The Morgan fingerprint density at radius 2 is 1.62 bits per heavy atom. The van der Waals surface area contributed by atoms with E-state index in [1.54, 1.807) is 13.3 Å². The first kappa shape index (κ1) is 25.0. The Bertz CT molecular complexity index is 1190. The van der Waals surface area contributed by atoms with Crippen molar-refractivity contribution >= 4 is 28.5 Å². The van der Waals surface area contributed by atoms with Crippen LogP contribution in [0.2, 0.25) is 5.15 Å². The van der Waals surface area contributed by atoms with Gasteiger partial charge in [0.05, 0.1) is 13.3 Å². The second-order valence-electron chi connectivity index (χ2n) is 11.6. The summed E-state index contributed by atoms with van der Waals surface area (Å²) in [5, 5.41) is 9.12. The predicted octanol–water partition coefficient (Wildman–Crippen LogP) is 7.35. The molecule has 6 nitrogen and oxygen atoms in total. The van der Waals surface area contributed by atoms with Crippen molar-refractivity contribution in [2.45, 2.75) is 95.2 Å². The van der Waals surface area contributed by atoms with Gasteiger partial charge in [0.25, 0.3) is 0 Å². The fraction of sp³-hybridized carbons (Fsp3) is 0.600. The molecule has 0 bridgehead atoms. The molecular formula is C30H40ClN5O. The molecule has 7 heteroatoms. The van der Waals surface area contributed by atoms with Crippen molar-refractivity contribution in [3.05, 3.63) is 35.7 Å². The molecule has 0 aromatic carbocycles. The lowest BCUT2D eigenvalue weighted by Crippen LogP contribution is -2.44. The fourth-order valence-electron chi connectivity index (χ4n) is 6.76. The van der Waals surface area contributed by atoms with Crippen LogP contribution in [0.4, 0.5) is 5.82 Å². The number of methoxy groups -OCH3 is 1. The summed E-state index contributed by atoms with van der Waals surface area (Å²) in [5.74, 6) is 3.42. The third-order valence-corrected chi connectivity index (χ3v) is 9.33. The molecule has 6 rings (SSSR count). The second-order valence-corrected chi connectivity index (χ2v) is 12.0. The Morgan fingerprint density at radius 3 is 2.30 bits per heavy atom. The van der Waals surface area contributed by atoms with E-state index in [2.05, 4.69) is 31.7 Å². The molecule has 0 aliphatic heterocycles. The summed E-state index contributed by atoms with van der Waals surface area (Å²) in [7, 11) is 1.66. The van der Waals surface area contributed by atoms with Gasteiger partial charge in [-0.05, 0) is 106 Å². The highest BCUT2D eigenvalue weighted by atomic mass is 35.5. The zero-order valence-electron chi connectivity index (χ0n) is 21.9. The second kappa shape index (κ2) is 11.2. The van der Waals surface area contributed by atoms with E-state index in [1.807, 2.05) is 18.3 Å². The van der Waals surface area contributed by atoms with Crippen LogP contribution in [0.15, 0.2) is 30.6 Å². The van der Waals surface area contributed by atoms with E-state index in [0.29, 0.717) is 11.2 Å². The van der Waals surface area contributed by atoms with Gasteiger partial charge in [-0.15, -0.1) is 0 Å². The van der Waals surface area contributed by atoms with Crippen molar-refractivity contribution in [1.29, 1.82) is 0 Å². The highest BCUT2D eigenvalue weighted by molar-refractivity contribution is 6.29. The minimum Gasteiger partial charge on any atom is -0.495 e. The van der Waals surface area contributed by atoms with E-state index in [1.165, 1.54) is 77.0 Å². The van der Waals surface area contributed by atoms with Gasteiger partial charge in [-0.1, -0.05) is 18.0 Å². The van der Waals surface area contributed by atoms with Crippen molar-refractivity contribution in [3.8, 4) is 16.9 Å².